The van der Waals surface area contributed by atoms with E-state index in [9.17, 15) is 9.59 Å². The van der Waals surface area contributed by atoms with Gasteiger partial charge in [0.1, 0.15) is 5.94 Å². The van der Waals surface area contributed by atoms with Gasteiger partial charge in [0.05, 0.1) is 5.41 Å². The maximum Gasteiger partial charge on any atom is 0.227 e. The number of hydrogen-bond donors (Lipinski definition) is 1. The van der Waals surface area contributed by atoms with Crippen molar-refractivity contribution < 1.29 is 9.59 Å². The summed E-state index contributed by atoms with van der Waals surface area (Å²) < 4.78 is 0. The van der Waals surface area contributed by atoms with E-state index in [0.29, 0.717) is 5.57 Å². The molecule has 3 nitrogen and oxygen atoms in total. The third-order valence-corrected chi connectivity index (χ3v) is 1.71. The molecule has 0 atom stereocenters. The second-order valence-corrected chi connectivity index (χ2v) is 2.72. The Morgan fingerprint density at radius 1 is 1.50 bits per heavy atom. The SMILES string of the molecule is CC(=C=O)C(C)(C)C(N)=O. The zero-order chi connectivity index (χ0) is 8.36. The fraction of sp³-hybridized carbons (Fsp3) is 0.571. The van der Waals surface area contributed by atoms with Gasteiger partial charge in [-0.3, -0.25) is 4.79 Å². The lowest BCUT2D eigenvalue weighted by Gasteiger charge is -2.17. The fourth-order valence-electron chi connectivity index (χ4n) is 0.312. The number of rotatable bonds is 2. The van der Waals surface area contributed by atoms with Crippen LogP contribution in [0.15, 0.2) is 5.57 Å². The third-order valence-electron chi connectivity index (χ3n) is 1.71. The van der Waals surface area contributed by atoms with Crippen LogP contribution in [0.4, 0.5) is 0 Å². The molecule has 0 fully saturated rings. The Kier molecular flexibility index (Phi) is 2.38. The highest BCUT2D eigenvalue weighted by Gasteiger charge is 2.27. The smallest absolute Gasteiger partial charge is 0.227 e. The van der Waals surface area contributed by atoms with Gasteiger partial charge in [-0.05, 0) is 20.8 Å². The monoisotopic (exact) mass is 141 g/mol. The molecule has 1 amide bonds. The van der Waals surface area contributed by atoms with Crippen molar-refractivity contribution in [2.24, 2.45) is 11.1 Å². The third kappa shape index (κ3) is 1.45. The van der Waals surface area contributed by atoms with Gasteiger partial charge in [-0.2, -0.15) is 0 Å². The predicted octanol–water partition coefficient (Wildman–Crippen LogP) is 0.276. The number of carbonyl (C=O) groups excluding carboxylic acids is 2. The van der Waals surface area contributed by atoms with E-state index in [1.807, 2.05) is 0 Å². The molecule has 2 N–H and O–H groups in total. The molecule has 0 aromatic carbocycles. The number of hydrogen-bond acceptors (Lipinski definition) is 2. The van der Waals surface area contributed by atoms with Crippen LogP contribution >= 0.6 is 0 Å². The minimum atomic E-state index is -0.859. The highest BCUT2D eigenvalue weighted by Crippen LogP contribution is 2.22. The highest BCUT2D eigenvalue weighted by molar-refractivity contribution is 5.85. The molecule has 0 saturated heterocycles. The molecule has 0 unspecified atom stereocenters. The zero-order valence-electron chi connectivity index (χ0n) is 6.39. The Bertz CT molecular complexity index is 200. The fourth-order valence-corrected chi connectivity index (χ4v) is 0.312. The molecule has 0 radical (unpaired) electrons. The van der Waals surface area contributed by atoms with Crippen molar-refractivity contribution in [3.05, 3.63) is 5.57 Å². The van der Waals surface area contributed by atoms with Crippen molar-refractivity contribution in [1.29, 1.82) is 0 Å². The van der Waals surface area contributed by atoms with E-state index in [0.717, 1.165) is 0 Å². The van der Waals surface area contributed by atoms with Gasteiger partial charge in [0.15, 0.2) is 0 Å². The lowest BCUT2D eigenvalue weighted by atomic mass is 9.85. The van der Waals surface area contributed by atoms with Crippen LogP contribution in [0.2, 0.25) is 0 Å². The van der Waals surface area contributed by atoms with Gasteiger partial charge in [-0.25, -0.2) is 4.79 Å². The van der Waals surface area contributed by atoms with Crippen LogP contribution in [0, 0.1) is 5.41 Å². The van der Waals surface area contributed by atoms with Crippen LogP contribution in [-0.4, -0.2) is 11.8 Å². The summed E-state index contributed by atoms with van der Waals surface area (Å²) in [4.78, 5) is 20.7. The Morgan fingerprint density at radius 3 is 2.00 bits per heavy atom. The van der Waals surface area contributed by atoms with Crippen LogP contribution < -0.4 is 5.73 Å². The molecule has 0 aliphatic carbocycles. The van der Waals surface area contributed by atoms with Crippen LogP contribution in [0.1, 0.15) is 20.8 Å². The van der Waals surface area contributed by atoms with Gasteiger partial charge in [0.2, 0.25) is 5.91 Å². The molecule has 10 heavy (non-hydrogen) atoms. The van der Waals surface area contributed by atoms with Gasteiger partial charge < -0.3 is 5.73 Å². The summed E-state index contributed by atoms with van der Waals surface area (Å²) >= 11 is 0. The van der Waals surface area contributed by atoms with Crippen molar-refractivity contribution in [2.45, 2.75) is 20.8 Å². The number of primary amides is 1. The lowest BCUT2D eigenvalue weighted by molar-refractivity contribution is -0.124. The predicted molar refractivity (Wildman–Crippen MR) is 37.9 cm³/mol. The van der Waals surface area contributed by atoms with E-state index in [1.54, 1.807) is 19.8 Å². The van der Waals surface area contributed by atoms with Gasteiger partial charge >= 0.3 is 0 Å². The van der Waals surface area contributed by atoms with Crippen molar-refractivity contribution in [3.8, 4) is 0 Å². The molecule has 0 spiro atoms. The van der Waals surface area contributed by atoms with Gasteiger partial charge in [-0.1, -0.05) is 0 Å². The second kappa shape index (κ2) is 2.67. The molecule has 0 aliphatic heterocycles. The molecular weight excluding hydrogens is 130 g/mol. The van der Waals surface area contributed by atoms with Crippen molar-refractivity contribution in [2.75, 3.05) is 0 Å². The summed E-state index contributed by atoms with van der Waals surface area (Å²) in [6, 6.07) is 0. The van der Waals surface area contributed by atoms with E-state index < -0.39 is 11.3 Å². The first-order chi connectivity index (χ1) is 4.42. The summed E-state index contributed by atoms with van der Waals surface area (Å²) in [7, 11) is 0. The number of nitrogens with two attached hydrogens (primary N) is 1. The lowest BCUT2D eigenvalue weighted by Crippen LogP contribution is -2.32. The van der Waals surface area contributed by atoms with Gasteiger partial charge in [0.25, 0.3) is 0 Å². The van der Waals surface area contributed by atoms with Crippen LogP contribution in [-0.2, 0) is 9.59 Å². The molecular formula is C7H11NO2. The highest BCUT2D eigenvalue weighted by atomic mass is 16.1. The summed E-state index contributed by atoms with van der Waals surface area (Å²) in [6.07, 6.45) is 0. The Labute approximate surface area is 59.9 Å². The average molecular weight is 141 g/mol. The molecule has 56 valence electrons. The van der Waals surface area contributed by atoms with E-state index in [-0.39, 0.29) is 0 Å². The van der Waals surface area contributed by atoms with E-state index in [2.05, 4.69) is 0 Å². The molecule has 0 aliphatic rings. The van der Waals surface area contributed by atoms with Crippen LogP contribution in [0.3, 0.4) is 0 Å². The van der Waals surface area contributed by atoms with E-state index in [1.165, 1.54) is 6.92 Å². The molecule has 0 heterocycles. The maximum atomic E-state index is 10.6. The molecule has 0 aromatic heterocycles. The maximum absolute atomic E-state index is 10.6. The quantitative estimate of drug-likeness (QED) is 0.561. The van der Waals surface area contributed by atoms with Gasteiger partial charge in [-0.15, -0.1) is 0 Å². The van der Waals surface area contributed by atoms with Crippen molar-refractivity contribution in [3.63, 3.8) is 0 Å². The first-order valence-electron chi connectivity index (χ1n) is 2.95. The Balaban J connectivity index is 4.74. The van der Waals surface area contributed by atoms with Gasteiger partial charge in [0, 0.05) is 5.57 Å². The van der Waals surface area contributed by atoms with Crippen LogP contribution in [0.5, 0.6) is 0 Å². The van der Waals surface area contributed by atoms with E-state index in [4.69, 9.17) is 5.73 Å². The summed E-state index contributed by atoms with van der Waals surface area (Å²) in [5.41, 5.74) is 4.48. The van der Waals surface area contributed by atoms with Crippen LogP contribution in [0.25, 0.3) is 0 Å². The number of carbonyl (C=O) groups is 1. The molecule has 0 bridgehead atoms. The topological polar surface area (TPSA) is 60.2 Å². The molecule has 0 saturated carbocycles. The standard InChI is InChI=1S/C7H11NO2/c1-5(4-9)7(2,3)6(8)10/h1-3H3,(H2,8,10). The van der Waals surface area contributed by atoms with Crippen molar-refractivity contribution in [1.82, 2.24) is 0 Å². The first kappa shape index (κ1) is 8.92. The minimum Gasteiger partial charge on any atom is -0.369 e. The van der Waals surface area contributed by atoms with E-state index >= 15 is 0 Å². The Morgan fingerprint density at radius 2 is 1.90 bits per heavy atom. The molecule has 3 heteroatoms. The number of amides is 1. The summed E-state index contributed by atoms with van der Waals surface area (Å²) in [5.74, 6) is 1.15. The normalized spacial score (nSPS) is 10.3. The zero-order valence-corrected chi connectivity index (χ0v) is 6.39. The summed E-state index contributed by atoms with van der Waals surface area (Å²) in [6.45, 7) is 4.73. The largest absolute Gasteiger partial charge is 0.369 e. The van der Waals surface area contributed by atoms with Crippen molar-refractivity contribution >= 4 is 11.8 Å². The first-order valence-corrected chi connectivity index (χ1v) is 2.95. The second-order valence-electron chi connectivity index (χ2n) is 2.72. The molecule has 0 aromatic rings. The minimum absolute atomic E-state index is 0.333. The summed E-state index contributed by atoms with van der Waals surface area (Å²) in [5, 5.41) is 0. The molecule has 0 rings (SSSR count). The average Bonchev–Trinajstić information content (AvgIpc) is 1.86. The Hall–Kier alpha value is -1.08.